The Morgan fingerprint density at radius 2 is 1.16 bits per heavy atom. The van der Waals surface area contributed by atoms with E-state index in [0.717, 1.165) is 115 Å². The number of hydrogen-bond acceptors (Lipinski definition) is 15. The minimum Gasteiger partial charge on any atom is -0.508 e. The van der Waals surface area contributed by atoms with Crippen molar-refractivity contribution in [3.63, 3.8) is 0 Å². The number of tetrazole rings is 2. The molecule has 3 fully saturated rings. The third-order valence-corrected chi connectivity index (χ3v) is 18.0. The van der Waals surface area contributed by atoms with Crippen molar-refractivity contribution in [2.24, 2.45) is 0 Å². The quantitative estimate of drug-likeness (QED) is 0.0656. The minimum atomic E-state index is -0.166. The van der Waals surface area contributed by atoms with Gasteiger partial charge in [-0.3, -0.25) is 9.59 Å². The molecule has 7 aromatic carbocycles. The van der Waals surface area contributed by atoms with Gasteiger partial charge >= 0.3 is 0 Å². The predicted molar refractivity (Wildman–Crippen MR) is 359 cm³/mol. The molecule has 5 aromatic heterocycles. The summed E-state index contributed by atoms with van der Waals surface area (Å²) in [6.45, 7) is 9.98. The summed E-state index contributed by atoms with van der Waals surface area (Å²) in [5.41, 5.74) is 14.3. The molecule has 0 unspecified atom stereocenters. The summed E-state index contributed by atoms with van der Waals surface area (Å²) >= 11 is 0. The van der Waals surface area contributed by atoms with E-state index >= 15 is 0 Å². The third kappa shape index (κ3) is 13.3. The number of phenols is 1. The zero-order valence-electron chi connectivity index (χ0n) is 52.4. The van der Waals surface area contributed by atoms with Gasteiger partial charge in [0.15, 0.2) is 11.3 Å². The number of morpholine rings is 1. The zero-order valence-corrected chi connectivity index (χ0v) is 52.4. The normalized spacial score (nSPS) is 14.5. The highest BCUT2D eigenvalue weighted by molar-refractivity contribution is 5.96. The summed E-state index contributed by atoms with van der Waals surface area (Å²) in [5.74, 6) is 4.21. The molecule has 3 aliphatic rings. The van der Waals surface area contributed by atoms with Crippen LogP contribution in [0.5, 0.6) is 17.2 Å². The highest BCUT2D eigenvalue weighted by Crippen LogP contribution is 2.40. The highest BCUT2D eigenvalue weighted by Gasteiger charge is 2.27. The fourth-order valence-corrected chi connectivity index (χ4v) is 13.2. The maximum atomic E-state index is 13.4. The Labute approximate surface area is 547 Å². The van der Waals surface area contributed by atoms with Gasteiger partial charge in [0.05, 0.1) is 30.8 Å². The lowest BCUT2D eigenvalue weighted by Crippen LogP contribution is -2.40. The topological polar surface area (TPSA) is 259 Å². The number of imidazole rings is 2. The predicted octanol–water partition coefficient (Wildman–Crippen LogP) is 13.8. The van der Waals surface area contributed by atoms with Crippen LogP contribution >= 0.6 is 0 Å². The van der Waals surface area contributed by atoms with Gasteiger partial charge in [0.25, 0.3) is 11.8 Å². The number of carbonyl (C=O) groups is 2. The molecule has 95 heavy (non-hydrogen) atoms. The van der Waals surface area contributed by atoms with Gasteiger partial charge in [-0.15, -0.1) is 20.4 Å². The first kappa shape index (κ1) is 61.1. The monoisotopic (exact) mass is 1260 g/mol. The zero-order chi connectivity index (χ0) is 64.6. The van der Waals surface area contributed by atoms with E-state index in [0.29, 0.717) is 78.3 Å². The largest absolute Gasteiger partial charge is 0.508 e. The molecule has 15 rings (SSSR count). The molecule has 476 valence electrons. The minimum absolute atomic E-state index is 0.0263. The molecule has 2 saturated carbocycles. The smallest absolute Gasteiger partial charge is 0.254 e. The lowest BCUT2D eigenvalue weighted by molar-refractivity contribution is 0.0303. The second kappa shape index (κ2) is 27.8. The van der Waals surface area contributed by atoms with Gasteiger partial charge in [0, 0.05) is 71.8 Å². The number of amides is 2. The third-order valence-electron chi connectivity index (χ3n) is 18.0. The van der Waals surface area contributed by atoms with Crippen LogP contribution in [0.4, 0.5) is 5.69 Å². The van der Waals surface area contributed by atoms with Crippen molar-refractivity contribution in [1.29, 1.82) is 0 Å². The molecule has 0 spiro atoms. The number of pyridine rings is 1. The van der Waals surface area contributed by atoms with Gasteiger partial charge in [-0.1, -0.05) is 87.1 Å². The second-order valence-corrected chi connectivity index (χ2v) is 24.0. The number of rotatable bonds is 16. The van der Waals surface area contributed by atoms with Crippen LogP contribution in [0.2, 0.25) is 0 Å². The average Bonchev–Trinajstić information content (AvgIpc) is 1.65. The summed E-state index contributed by atoms with van der Waals surface area (Å²) < 4.78 is 22.8. The summed E-state index contributed by atoms with van der Waals surface area (Å²) in [6, 6.07) is 50.7. The number of hydrogen-bond donors (Lipinski definition) is 4. The highest BCUT2D eigenvalue weighted by atomic mass is 16.5. The van der Waals surface area contributed by atoms with Crippen LogP contribution in [0.1, 0.15) is 108 Å². The molecule has 0 radical (unpaired) electrons. The van der Waals surface area contributed by atoms with E-state index < -0.39 is 0 Å². The average molecular weight is 1270 g/mol. The summed E-state index contributed by atoms with van der Waals surface area (Å²) in [5, 5.41) is 41.8. The van der Waals surface area contributed by atoms with E-state index in [1.54, 1.807) is 43.6 Å². The van der Waals surface area contributed by atoms with Crippen molar-refractivity contribution in [2.45, 2.75) is 89.5 Å². The SMILES string of the molecule is O=C(c1ccc(-c2cccc(O)c2)c(COc2ccc(-c3nc4cc(-c5nn[nH]n5)ccc4n3C3CCCCC3)cc2)c1)N1CCOCC1.[C-]#[N+]c1ccc(-c2ccc(C(=O)NC)cc2COc2ccc(-c3nc4cc(-c5nn[nH]n5)cnc4n3C3CCCCC3)cc2)cc1. The maximum absolute atomic E-state index is 13.4. The molecule has 22 nitrogen and oxygen atoms in total. The lowest BCUT2D eigenvalue weighted by Gasteiger charge is -2.27. The van der Waals surface area contributed by atoms with Crippen LogP contribution in [-0.4, -0.2) is 121 Å². The number of aromatic hydroxyl groups is 1. The summed E-state index contributed by atoms with van der Waals surface area (Å²) in [7, 11) is 1.61. The molecule has 22 heteroatoms. The Kier molecular flexibility index (Phi) is 17.9. The first-order chi connectivity index (χ1) is 46.7. The van der Waals surface area contributed by atoms with Gasteiger partial charge in [-0.2, -0.15) is 10.4 Å². The molecule has 12 aromatic rings. The molecular weight excluding hydrogens is 1200 g/mol. The molecule has 1 aliphatic heterocycles. The van der Waals surface area contributed by atoms with Gasteiger partial charge in [0.1, 0.15) is 47.6 Å². The molecule has 0 bridgehead atoms. The molecular formula is C73H68N16O6. The number of aromatic amines is 2. The van der Waals surface area contributed by atoms with E-state index in [4.69, 9.17) is 35.7 Å². The van der Waals surface area contributed by atoms with Gasteiger partial charge in [0.2, 0.25) is 11.6 Å². The van der Waals surface area contributed by atoms with E-state index in [1.165, 1.54) is 38.5 Å². The Morgan fingerprint density at radius 3 is 1.77 bits per heavy atom. The Bertz CT molecular complexity index is 4720. The van der Waals surface area contributed by atoms with Crippen LogP contribution < -0.4 is 14.8 Å². The van der Waals surface area contributed by atoms with E-state index in [-0.39, 0.29) is 30.8 Å². The second-order valence-electron chi connectivity index (χ2n) is 24.0. The van der Waals surface area contributed by atoms with E-state index in [2.05, 4.69) is 78.7 Å². The number of benzene rings is 7. The van der Waals surface area contributed by atoms with Crippen molar-refractivity contribution in [3.8, 4) is 85.1 Å². The van der Waals surface area contributed by atoms with Crippen LogP contribution in [0.3, 0.4) is 0 Å². The van der Waals surface area contributed by atoms with Crippen LogP contribution in [-0.2, 0) is 18.0 Å². The number of nitrogens with zero attached hydrogens (tertiary/aromatic N) is 13. The van der Waals surface area contributed by atoms with Crippen molar-refractivity contribution < 1.29 is 28.9 Å². The van der Waals surface area contributed by atoms with Crippen LogP contribution in [0, 0.1) is 6.57 Å². The molecule has 2 aliphatic carbocycles. The Hall–Kier alpha value is -11.4. The fraction of sp³-hybridized carbons (Fsp3) is 0.260. The van der Waals surface area contributed by atoms with E-state index in [9.17, 15) is 14.7 Å². The van der Waals surface area contributed by atoms with Gasteiger partial charge < -0.3 is 38.7 Å². The summed E-state index contributed by atoms with van der Waals surface area (Å²) in [4.78, 5) is 46.1. The molecule has 1 saturated heterocycles. The molecule has 0 atom stereocenters. The van der Waals surface area contributed by atoms with Gasteiger partial charge in [-0.05, 0) is 179 Å². The summed E-state index contributed by atoms with van der Waals surface area (Å²) in [6.07, 6.45) is 13.5. The Morgan fingerprint density at radius 1 is 0.600 bits per heavy atom. The number of H-pyrrole nitrogens is 2. The number of aromatic nitrogens is 13. The van der Waals surface area contributed by atoms with Crippen molar-refractivity contribution in [2.75, 3.05) is 33.4 Å². The molecule has 4 N–H and O–H groups in total. The first-order valence-corrected chi connectivity index (χ1v) is 32.2. The Balaban J connectivity index is 0.000000164. The van der Waals surface area contributed by atoms with Crippen molar-refractivity contribution >= 4 is 39.7 Å². The number of carbonyl (C=O) groups excluding carboxylic acids is 2. The lowest BCUT2D eigenvalue weighted by atomic mass is 9.94. The van der Waals surface area contributed by atoms with Crippen LogP contribution in [0.15, 0.2) is 164 Å². The number of fused-ring (bicyclic) bond motifs is 2. The molecule has 2 amide bonds. The fourth-order valence-electron chi connectivity index (χ4n) is 13.2. The number of phenolic OH excluding ortho intramolecular Hbond substituents is 1. The van der Waals surface area contributed by atoms with Crippen molar-refractivity contribution in [1.82, 2.24) is 75.6 Å². The maximum Gasteiger partial charge on any atom is 0.254 e. The molecule has 6 heterocycles. The standard InChI is InChI=1S/C38H37N7O4.C35H31N9O2/c46-31-8-4-5-26(22-31)33-15-11-28(38(47)44-17-19-48-20-18-44)21-29(33)24-49-32-13-9-25(10-14-32)37-39-34-23-27(36-40-42-43-41-36)12-16-35(34)45(37)30-6-2-1-3-7-30;1-36-27-13-8-22(9-14-27)30-17-12-24(35(45)37-2)18-26(30)21-46-29-15-10-23(11-16-29)33-39-31-19-25(32-40-42-43-41-32)20-38-34(31)44(33)28-6-4-3-5-7-28/h4-5,8-16,21-23,30,46H,1-3,6-7,17-20,24H2,(H,40,41,42,43);8-20,28H,3-7,21H2,2H3,(H,37,45)(H,40,41,42,43). The van der Waals surface area contributed by atoms with Crippen LogP contribution in [0.25, 0.3) is 94.8 Å². The number of ether oxygens (including phenoxy) is 3. The van der Waals surface area contributed by atoms with E-state index in [1.807, 2.05) is 114 Å². The van der Waals surface area contributed by atoms with Gasteiger partial charge in [-0.25, -0.2) is 19.8 Å². The van der Waals surface area contributed by atoms with Crippen molar-refractivity contribution in [3.05, 3.63) is 198 Å². The number of nitrogens with one attached hydrogen (secondary N) is 3. The first-order valence-electron chi connectivity index (χ1n) is 32.2.